The maximum absolute atomic E-state index is 6.25. The van der Waals surface area contributed by atoms with Gasteiger partial charge < -0.3 is 15.4 Å². The number of hydrogen-bond acceptors (Lipinski definition) is 3. The fourth-order valence-electron chi connectivity index (χ4n) is 1.65. The molecule has 0 spiro atoms. The number of benzene rings is 1. The highest BCUT2D eigenvalue weighted by atomic mass is 35.5. The van der Waals surface area contributed by atoms with Crippen molar-refractivity contribution >= 4 is 17.3 Å². The largest absolute Gasteiger partial charge is 0.380 e. The molecule has 0 aliphatic carbocycles. The molecule has 0 atom stereocenters. The summed E-state index contributed by atoms with van der Waals surface area (Å²) in [6, 6.07) is 6.10. The number of likely N-dealkylation sites (N-methyl/N-ethyl adjacent to an activating group) is 1. The van der Waals surface area contributed by atoms with Crippen molar-refractivity contribution < 1.29 is 4.74 Å². The molecule has 0 saturated heterocycles. The monoisotopic (exact) mass is 256 g/mol. The van der Waals surface area contributed by atoms with Crippen LogP contribution >= 0.6 is 11.6 Å². The van der Waals surface area contributed by atoms with Crippen LogP contribution in [0.5, 0.6) is 0 Å². The summed E-state index contributed by atoms with van der Waals surface area (Å²) in [4.78, 5) is 2.10. The minimum atomic E-state index is 0.649. The molecule has 1 aromatic carbocycles. The molecule has 1 aromatic rings. The molecule has 0 unspecified atom stereocenters. The Balaban J connectivity index is 2.63. The number of halogens is 1. The van der Waals surface area contributed by atoms with Gasteiger partial charge in [0.25, 0.3) is 0 Å². The van der Waals surface area contributed by atoms with Crippen LogP contribution in [0.15, 0.2) is 18.2 Å². The Morgan fingerprint density at radius 3 is 2.76 bits per heavy atom. The molecule has 0 radical (unpaired) electrons. The summed E-state index contributed by atoms with van der Waals surface area (Å²) >= 11 is 6.25. The maximum Gasteiger partial charge on any atom is 0.0642 e. The molecule has 1 rings (SSSR count). The Hall–Kier alpha value is -0.770. The van der Waals surface area contributed by atoms with Gasteiger partial charge in [-0.25, -0.2) is 0 Å². The van der Waals surface area contributed by atoms with Gasteiger partial charge in [0.2, 0.25) is 0 Å². The molecule has 0 heterocycles. The first kappa shape index (κ1) is 14.3. The quantitative estimate of drug-likeness (QED) is 0.761. The molecular weight excluding hydrogens is 236 g/mol. The molecule has 0 aliphatic heterocycles. The normalized spacial score (nSPS) is 10.6. The summed E-state index contributed by atoms with van der Waals surface area (Å²) in [6.07, 6.45) is 0.864. The smallest absolute Gasteiger partial charge is 0.0642 e. The molecule has 0 aliphatic rings. The van der Waals surface area contributed by atoms with Crippen LogP contribution in [0.4, 0.5) is 5.69 Å². The average Bonchev–Trinajstić information content (AvgIpc) is 2.29. The first-order chi connectivity index (χ1) is 8.19. The van der Waals surface area contributed by atoms with Crippen molar-refractivity contribution in [1.82, 2.24) is 0 Å². The summed E-state index contributed by atoms with van der Waals surface area (Å²) in [6.45, 7) is 4.94. The second-order valence-electron chi connectivity index (χ2n) is 3.94. The van der Waals surface area contributed by atoms with E-state index in [-0.39, 0.29) is 0 Å². The van der Waals surface area contributed by atoms with E-state index in [9.17, 15) is 0 Å². The van der Waals surface area contributed by atoms with Crippen molar-refractivity contribution in [1.29, 1.82) is 0 Å². The Labute approximate surface area is 109 Å². The van der Waals surface area contributed by atoms with E-state index in [1.807, 2.05) is 26.1 Å². The zero-order chi connectivity index (χ0) is 12.7. The molecule has 2 N–H and O–H groups in total. The van der Waals surface area contributed by atoms with Crippen molar-refractivity contribution in [3.05, 3.63) is 28.8 Å². The highest BCUT2D eigenvalue weighted by Crippen LogP contribution is 2.26. The highest BCUT2D eigenvalue weighted by molar-refractivity contribution is 6.33. The third-order valence-corrected chi connectivity index (χ3v) is 2.93. The highest BCUT2D eigenvalue weighted by Gasteiger charge is 2.06. The Morgan fingerprint density at radius 1 is 1.41 bits per heavy atom. The SMILES string of the molecule is CCOCCN(C)c1ccc(CCN)cc1Cl. The van der Waals surface area contributed by atoms with Gasteiger partial charge in [-0.2, -0.15) is 0 Å². The van der Waals surface area contributed by atoms with E-state index in [0.717, 1.165) is 30.3 Å². The van der Waals surface area contributed by atoms with Gasteiger partial charge in [-0.15, -0.1) is 0 Å². The zero-order valence-electron chi connectivity index (χ0n) is 10.6. The molecule has 4 heteroatoms. The first-order valence-electron chi connectivity index (χ1n) is 5.96. The summed E-state index contributed by atoms with van der Waals surface area (Å²) in [7, 11) is 2.02. The molecule has 3 nitrogen and oxygen atoms in total. The minimum absolute atomic E-state index is 0.649. The number of ether oxygens (including phenoxy) is 1. The predicted octanol–water partition coefficient (Wildman–Crippen LogP) is 2.31. The molecular formula is C13H21ClN2O. The van der Waals surface area contributed by atoms with Crippen LogP contribution in [0.2, 0.25) is 5.02 Å². The van der Waals surface area contributed by atoms with Crippen molar-refractivity contribution in [3.8, 4) is 0 Å². The van der Waals surface area contributed by atoms with E-state index in [1.54, 1.807) is 0 Å². The molecule has 96 valence electrons. The van der Waals surface area contributed by atoms with Crippen LogP contribution in [-0.4, -0.2) is 33.4 Å². The van der Waals surface area contributed by atoms with E-state index in [1.165, 1.54) is 5.56 Å². The van der Waals surface area contributed by atoms with E-state index >= 15 is 0 Å². The summed E-state index contributed by atoms with van der Waals surface area (Å²) in [5.74, 6) is 0. The first-order valence-corrected chi connectivity index (χ1v) is 6.34. The van der Waals surface area contributed by atoms with Gasteiger partial charge in [-0.1, -0.05) is 17.7 Å². The predicted molar refractivity (Wildman–Crippen MR) is 74.0 cm³/mol. The van der Waals surface area contributed by atoms with Gasteiger partial charge in [0.1, 0.15) is 0 Å². The Bertz CT molecular complexity index is 344. The van der Waals surface area contributed by atoms with Crippen molar-refractivity contribution in [3.63, 3.8) is 0 Å². The van der Waals surface area contributed by atoms with Crippen molar-refractivity contribution in [2.24, 2.45) is 5.73 Å². The van der Waals surface area contributed by atoms with Crippen LogP contribution < -0.4 is 10.6 Å². The number of nitrogens with two attached hydrogens (primary N) is 1. The maximum atomic E-state index is 6.25. The van der Waals surface area contributed by atoms with Gasteiger partial charge in [0.15, 0.2) is 0 Å². The summed E-state index contributed by atoms with van der Waals surface area (Å²) in [5, 5.41) is 0.773. The lowest BCUT2D eigenvalue weighted by Gasteiger charge is -2.20. The fraction of sp³-hybridized carbons (Fsp3) is 0.538. The van der Waals surface area contributed by atoms with Gasteiger partial charge in [0.05, 0.1) is 17.3 Å². The van der Waals surface area contributed by atoms with Gasteiger partial charge in [0, 0.05) is 20.2 Å². The third kappa shape index (κ3) is 4.54. The van der Waals surface area contributed by atoms with E-state index < -0.39 is 0 Å². The third-order valence-electron chi connectivity index (χ3n) is 2.63. The fourth-order valence-corrected chi connectivity index (χ4v) is 2.00. The van der Waals surface area contributed by atoms with Crippen molar-refractivity contribution in [2.45, 2.75) is 13.3 Å². The number of hydrogen-bond donors (Lipinski definition) is 1. The number of anilines is 1. The van der Waals surface area contributed by atoms with E-state index in [2.05, 4.69) is 11.0 Å². The Kier molecular flexibility index (Phi) is 6.34. The van der Waals surface area contributed by atoms with E-state index in [4.69, 9.17) is 22.1 Å². The van der Waals surface area contributed by atoms with Crippen LogP contribution in [0.1, 0.15) is 12.5 Å². The van der Waals surface area contributed by atoms with Crippen molar-refractivity contribution in [2.75, 3.05) is 38.3 Å². The second-order valence-corrected chi connectivity index (χ2v) is 4.35. The minimum Gasteiger partial charge on any atom is -0.380 e. The van der Waals surface area contributed by atoms with Crippen LogP contribution in [0, 0.1) is 0 Å². The Morgan fingerprint density at radius 2 is 2.18 bits per heavy atom. The lowest BCUT2D eigenvalue weighted by atomic mass is 10.1. The second kappa shape index (κ2) is 7.54. The molecule has 0 saturated carbocycles. The molecule has 0 aromatic heterocycles. The van der Waals surface area contributed by atoms with E-state index in [0.29, 0.717) is 13.2 Å². The van der Waals surface area contributed by atoms with Crippen LogP contribution in [0.25, 0.3) is 0 Å². The lowest BCUT2D eigenvalue weighted by molar-refractivity contribution is 0.154. The van der Waals surface area contributed by atoms with Gasteiger partial charge >= 0.3 is 0 Å². The molecule has 0 amide bonds. The lowest BCUT2D eigenvalue weighted by Crippen LogP contribution is -2.22. The average molecular weight is 257 g/mol. The zero-order valence-corrected chi connectivity index (χ0v) is 11.3. The topological polar surface area (TPSA) is 38.5 Å². The van der Waals surface area contributed by atoms with Crippen LogP contribution in [0.3, 0.4) is 0 Å². The van der Waals surface area contributed by atoms with Crippen LogP contribution in [-0.2, 0) is 11.2 Å². The number of rotatable bonds is 7. The van der Waals surface area contributed by atoms with Gasteiger partial charge in [-0.05, 0) is 37.6 Å². The summed E-state index contributed by atoms with van der Waals surface area (Å²) < 4.78 is 5.33. The summed E-state index contributed by atoms with van der Waals surface area (Å²) in [5.41, 5.74) is 7.73. The van der Waals surface area contributed by atoms with Gasteiger partial charge in [-0.3, -0.25) is 0 Å². The molecule has 0 fully saturated rings. The molecule has 17 heavy (non-hydrogen) atoms. The molecule has 0 bridgehead atoms. The standard InChI is InChI=1S/C13H21ClN2O/c1-3-17-9-8-16(2)13-5-4-11(6-7-15)10-12(13)14/h4-5,10H,3,6-9,15H2,1-2H3. The number of nitrogens with zero attached hydrogens (tertiary/aromatic N) is 1.